The van der Waals surface area contributed by atoms with Gasteiger partial charge in [0.1, 0.15) is 11.2 Å². The second kappa shape index (κ2) is 5.42. The quantitative estimate of drug-likeness (QED) is 0.319. The second-order valence-electron chi connectivity index (χ2n) is 6.75. The van der Waals surface area contributed by atoms with Gasteiger partial charge in [-0.25, -0.2) is 0 Å². The third kappa shape index (κ3) is 2.14. The Hall–Kier alpha value is -2.65. The van der Waals surface area contributed by atoms with Gasteiger partial charge in [0, 0.05) is 34.9 Å². The molecule has 0 radical (unpaired) electrons. The molecule has 0 aliphatic rings. The second-order valence-corrected chi connectivity index (χ2v) is 8.01. The van der Waals surface area contributed by atoms with E-state index in [1.807, 2.05) is 18.2 Å². The van der Waals surface area contributed by atoms with Crippen LogP contribution in [0, 0.1) is 27.6 Å². The number of aryl methyl sites for hydroxylation is 4. The Bertz CT molecular complexity index is 1370. The molecule has 5 rings (SSSR count). The number of aromatic nitrogens is 1. The lowest BCUT2D eigenvalue weighted by atomic mass is 10.0. The van der Waals surface area contributed by atoms with Crippen LogP contribution in [-0.2, 0) is 0 Å². The predicted molar refractivity (Wildman–Crippen MR) is 111 cm³/mol. The van der Waals surface area contributed by atoms with E-state index >= 15 is 0 Å². The summed E-state index contributed by atoms with van der Waals surface area (Å²) in [7, 11) is 0. The number of benzene rings is 2. The molecule has 0 bridgehead atoms. The fourth-order valence-electron chi connectivity index (χ4n) is 3.51. The summed E-state index contributed by atoms with van der Waals surface area (Å²) in [6.45, 7) is 4.63. The van der Waals surface area contributed by atoms with E-state index in [9.17, 15) is 0 Å². The van der Waals surface area contributed by atoms with Crippen LogP contribution in [0.2, 0.25) is 0 Å². The van der Waals surface area contributed by atoms with Crippen molar-refractivity contribution >= 4 is 43.4 Å². The molecule has 0 atom stereocenters. The van der Waals surface area contributed by atoms with Crippen LogP contribution in [0.25, 0.3) is 43.3 Å². The summed E-state index contributed by atoms with van der Waals surface area (Å²) in [5.41, 5.74) is 6.42. The standard InChI is InChI=1S/C23H19NOS/c1-12-8-20(24-11-13(12)2)17-7-5-6-16-19-9-18-14(3)15(4)26-22(18)10-21(19)25-23(16)17/h5-11H,1-4H3/i1D,2D. The lowest BCUT2D eigenvalue weighted by Crippen LogP contribution is -1.88. The van der Waals surface area contributed by atoms with Crippen molar-refractivity contribution in [1.29, 1.82) is 0 Å². The summed E-state index contributed by atoms with van der Waals surface area (Å²) < 4.78 is 22.9. The fraction of sp³-hybridized carbons (Fsp3) is 0.174. The number of hydrogen-bond donors (Lipinski definition) is 0. The van der Waals surface area contributed by atoms with Gasteiger partial charge in [-0.1, -0.05) is 12.1 Å². The van der Waals surface area contributed by atoms with Crippen LogP contribution < -0.4 is 0 Å². The van der Waals surface area contributed by atoms with Crippen molar-refractivity contribution in [3.63, 3.8) is 0 Å². The van der Waals surface area contributed by atoms with Crippen LogP contribution in [-0.4, -0.2) is 4.98 Å². The minimum absolute atomic E-state index is 0.145. The maximum Gasteiger partial charge on any atom is 0.144 e. The highest BCUT2D eigenvalue weighted by Gasteiger charge is 2.15. The number of rotatable bonds is 1. The zero-order valence-electron chi connectivity index (χ0n) is 16.7. The maximum absolute atomic E-state index is 7.77. The number of thiophene rings is 1. The Kier molecular flexibility index (Phi) is 2.82. The summed E-state index contributed by atoms with van der Waals surface area (Å²) in [6.07, 6.45) is 1.72. The highest BCUT2D eigenvalue weighted by molar-refractivity contribution is 7.19. The van der Waals surface area contributed by atoms with Crippen molar-refractivity contribution in [3.8, 4) is 11.3 Å². The Morgan fingerprint density at radius 2 is 1.88 bits per heavy atom. The van der Waals surface area contributed by atoms with Gasteiger partial charge >= 0.3 is 0 Å². The molecule has 0 fully saturated rings. The summed E-state index contributed by atoms with van der Waals surface area (Å²) in [6, 6.07) is 12.4. The largest absolute Gasteiger partial charge is 0.455 e. The van der Waals surface area contributed by atoms with Crippen LogP contribution in [0.3, 0.4) is 0 Å². The molecule has 26 heavy (non-hydrogen) atoms. The number of furan rings is 1. The molecule has 128 valence electrons. The number of pyridine rings is 1. The van der Waals surface area contributed by atoms with Crippen molar-refractivity contribution in [3.05, 3.63) is 64.2 Å². The summed E-state index contributed by atoms with van der Waals surface area (Å²) in [4.78, 5) is 5.90. The number of nitrogens with zero attached hydrogens (tertiary/aromatic N) is 1. The zero-order valence-corrected chi connectivity index (χ0v) is 15.5. The molecule has 3 aromatic heterocycles. The molecule has 0 saturated heterocycles. The average molecular weight is 359 g/mol. The van der Waals surface area contributed by atoms with E-state index in [4.69, 9.17) is 7.16 Å². The van der Waals surface area contributed by atoms with Gasteiger partial charge in [-0.2, -0.15) is 0 Å². The Morgan fingerprint density at radius 3 is 2.73 bits per heavy atom. The Morgan fingerprint density at radius 1 is 1.00 bits per heavy atom. The minimum Gasteiger partial charge on any atom is -0.455 e. The maximum atomic E-state index is 7.77. The first-order valence-corrected chi connectivity index (χ1v) is 9.34. The van der Waals surface area contributed by atoms with Crippen LogP contribution in [0.4, 0.5) is 0 Å². The fourth-order valence-corrected chi connectivity index (χ4v) is 4.59. The molecule has 0 aliphatic heterocycles. The van der Waals surface area contributed by atoms with Gasteiger partial charge in [0.05, 0.1) is 5.69 Å². The monoisotopic (exact) mass is 359 g/mol. The van der Waals surface area contributed by atoms with Gasteiger partial charge < -0.3 is 4.42 Å². The topological polar surface area (TPSA) is 26.0 Å². The van der Waals surface area contributed by atoms with Crippen molar-refractivity contribution in [2.24, 2.45) is 0 Å². The molecule has 0 saturated carbocycles. The Balaban J connectivity index is 1.79. The SMILES string of the molecule is [2H]Cc1cnc(-c2cccc3c2oc2cc4sc(C)c(C)c4cc23)cc1C[2H]. The first kappa shape index (κ1) is 13.5. The summed E-state index contributed by atoms with van der Waals surface area (Å²) >= 11 is 1.80. The molecule has 0 aliphatic carbocycles. The van der Waals surface area contributed by atoms with Crippen molar-refractivity contribution in [2.45, 2.75) is 27.6 Å². The molecular weight excluding hydrogens is 338 g/mol. The highest BCUT2D eigenvalue weighted by Crippen LogP contribution is 2.40. The van der Waals surface area contributed by atoms with Crippen LogP contribution in [0.1, 0.15) is 24.3 Å². The van der Waals surface area contributed by atoms with Crippen molar-refractivity contribution < 1.29 is 7.16 Å². The lowest BCUT2D eigenvalue weighted by Gasteiger charge is -2.05. The van der Waals surface area contributed by atoms with E-state index in [0.717, 1.165) is 44.3 Å². The zero-order chi connectivity index (χ0) is 19.4. The van der Waals surface area contributed by atoms with E-state index in [-0.39, 0.29) is 13.8 Å². The normalized spacial score (nSPS) is 12.8. The van der Waals surface area contributed by atoms with Crippen LogP contribution in [0.5, 0.6) is 0 Å². The number of para-hydroxylation sites is 1. The van der Waals surface area contributed by atoms with Gasteiger partial charge in [-0.3, -0.25) is 4.98 Å². The van der Waals surface area contributed by atoms with Gasteiger partial charge in [0.15, 0.2) is 0 Å². The molecule has 0 N–H and O–H groups in total. The molecule has 0 spiro atoms. The molecule has 0 unspecified atom stereocenters. The van der Waals surface area contributed by atoms with Gasteiger partial charge in [0.25, 0.3) is 0 Å². The third-order valence-corrected chi connectivity index (χ3v) is 6.32. The van der Waals surface area contributed by atoms with Crippen LogP contribution >= 0.6 is 11.3 Å². The average Bonchev–Trinajstić information content (AvgIpc) is 3.22. The first-order chi connectivity index (χ1) is 13.6. The third-order valence-electron chi connectivity index (χ3n) is 5.15. The van der Waals surface area contributed by atoms with Gasteiger partial charge in [0.2, 0.25) is 0 Å². The predicted octanol–water partition coefficient (Wildman–Crippen LogP) is 7.10. The molecule has 5 aromatic rings. The molecule has 2 aromatic carbocycles. The first-order valence-electron chi connectivity index (χ1n) is 9.93. The van der Waals surface area contributed by atoms with Gasteiger partial charge in [-0.05, 0) is 74.0 Å². The smallest absolute Gasteiger partial charge is 0.144 e. The van der Waals surface area contributed by atoms with E-state index in [2.05, 4.69) is 37.0 Å². The lowest BCUT2D eigenvalue weighted by molar-refractivity contribution is 0.670. The van der Waals surface area contributed by atoms with Crippen molar-refractivity contribution in [1.82, 2.24) is 4.98 Å². The van der Waals surface area contributed by atoms with E-state index in [1.165, 1.54) is 20.5 Å². The molecule has 2 nitrogen and oxygen atoms in total. The van der Waals surface area contributed by atoms with E-state index in [1.54, 1.807) is 17.5 Å². The molecule has 0 amide bonds. The van der Waals surface area contributed by atoms with E-state index < -0.39 is 0 Å². The number of hydrogen-bond acceptors (Lipinski definition) is 3. The summed E-state index contributed by atoms with van der Waals surface area (Å²) in [5.74, 6) is 0. The minimum atomic E-state index is 0.145. The van der Waals surface area contributed by atoms with E-state index in [0.29, 0.717) is 0 Å². The number of fused-ring (bicyclic) bond motifs is 4. The van der Waals surface area contributed by atoms with Gasteiger partial charge in [-0.15, -0.1) is 11.3 Å². The van der Waals surface area contributed by atoms with Crippen molar-refractivity contribution in [2.75, 3.05) is 0 Å². The summed E-state index contributed by atoms with van der Waals surface area (Å²) in [5, 5.41) is 3.49. The highest BCUT2D eigenvalue weighted by atomic mass is 32.1. The molecule has 3 heteroatoms. The van der Waals surface area contributed by atoms with Crippen LogP contribution in [0.15, 0.2) is 47.0 Å². The molecular formula is C23H19NOS. The molecule has 3 heterocycles. The Labute approximate surface area is 158 Å².